The normalized spacial score (nSPS) is 13.3. The predicted molar refractivity (Wildman–Crippen MR) is 67.6 cm³/mol. The van der Waals surface area contributed by atoms with E-state index >= 15 is 0 Å². The number of benzene rings is 1. The quantitative estimate of drug-likeness (QED) is 0.796. The SMILES string of the molecule is O=C(Cc1nccs1)c1ccc2c(c1)OCCO2. The summed E-state index contributed by atoms with van der Waals surface area (Å²) in [6.45, 7) is 1.08. The van der Waals surface area contributed by atoms with Crippen LogP contribution in [0.5, 0.6) is 11.5 Å². The molecule has 1 aromatic carbocycles. The summed E-state index contributed by atoms with van der Waals surface area (Å²) in [6.07, 6.45) is 2.04. The Morgan fingerprint density at radius 3 is 2.89 bits per heavy atom. The number of nitrogens with zero attached hydrogens (tertiary/aromatic N) is 1. The highest BCUT2D eigenvalue weighted by Crippen LogP contribution is 2.31. The van der Waals surface area contributed by atoms with E-state index in [2.05, 4.69) is 4.98 Å². The molecule has 1 aromatic heterocycles. The van der Waals surface area contributed by atoms with Gasteiger partial charge in [-0.2, -0.15) is 0 Å². The van der Waals surface area contributed by atoms with Crippen LogP contribution in [0.4, 0.5) is 0 Å². The Balaban J connectivity index is 1.81. The number of ketones is 1. The first-order valence-electron chi connectivity index (χ1n) is 5.64. The van der Waals surface area contributed by atoms with Crippen LogP contribution in [0.2, 0.25) is 0 Å². The second kappa shape index (κ2) is 4.78. The van der Waals surface area contributed by atoms with Crippen LogP contribution >= 0.6 is 11.3 Å². The molecule has 0 amide bonds. The number of hydrogen-bond donors (Lipinski definition) is 0. The van der Waals surface area contributed by atoms with Crippen LogP contribution in [-0.2, 0) is 6.42 Å². The number of Topliss-reactive ketones (excluding diaryl/α,β-unsaturated/α-hetero) is 1. The fourth-order valence-corrected chi connectivity index (χ4v) is 2.41. The number of carbonyl (C=O) groups excluding carboxylic acids is 1. The zero-order valence-corrected chi connectivity index (χ0v) is 10.4. The van der Waals surface area contributed by atoms with E-state index in [0.29, 0.717) is 36.7 Å². The minimum atomic E-state index is 0.0434. The molecule has 1 aliphatic rings. The van der Waals surface area contributed by atoms with Gasteiger partial charge in [0.05, 0.1) is 6.42 Å². The summed E-state index contributed by atoms with van der Waals surface area (Å²) in [7, 11) is 0. The molecule has 1 aliphatic heterocycles. The second-order valence-corrected chi connectivity index (χ2v) is 4.86. The maximum absolute atomic E-state index is 12.1. The molecule has 92 valence electrons. The van der Waals surface area contributed by atoms with Gasteiger partial charge in [0.15, 0.2) is 17.3 Å². The van der Waals surface area contributed by atoms with Crippen LogP contribution < -0.4 is 9.47 Å². The Hall–Kier alpha value is -1.88. The van der Waals surface area contributed by atoms with E-state index in [4.69, 9.17) is 9.47 Å². The number of aromatic nitrogens is 1. The Morgan fingerprint density at radius 2 is 2.11 bits per heavy atom. The van der Waals surface area contributed by atoms with Gasteiger partial charge in [-0.25, -0.2) is 4.98 Å². The molecule has 4 nitrogen and oxygen atoms in total. The lowest BCUT2D eigenvalue weighted by Gasteiger charge is -2.18. The first kappa shape index (κ1) is 11.2. The summed E-state index contributed by atoms with van der Waals surface area (Å²) >= 11 is 1.49. The number of ether oxygens (including phenoxy) is 2. The van der Waals surface area contributed by atoms with Crippen molar-refractivity contribution in [1.29, 1.82) is 0 Å². The summed E-state index contributed by atoms with van der Waals surface area (Å²) in [5.41, 5.74) is 0.634. The predicted octanol–water partition coefficient (Wildman–Crippen LogP) is 2.34. The van der Waals surface area contributed by atoms with Crippen LogP contribution in [0, 0.1) is 0 Å². The number of fused-ring (bicyclic) bond motifs is 1. The monoisotopic (exact) mass is 261 g/mol. The van der Waals surface area contributed by atoms with Crippen LogP contribution in [0.1, 0.15) is 15.4 Å². The number of carbonyl (C=O) groups is 1. The molecule has 2 heterocycles. The highest BCUT2D eigenvalue weighted by Gasteiger charge is 2.15. The zero-order chi connectivity index (χ0) is 12.4. The maximum Gasteiger partial charge on any atom is 0.169 e. The maximum atomic E-state index is 12.1. The van der Waals surface area contributed by atoms with Crippen LogP contribution in [-0.4, -0.2) is 24.0 Å². The molecule has 2 aromatic rings. The first-order valence-corrected chi connectivity index (χ1v) is 6.52. The average Bonchev–Trinajstić information content (AvgIpc) is 2.91. The number of rotatable bonds is 3. The van der Waals surface area contributed by atoms with Crippen molar-refractivity contribution >= 4 is 17.1 Å². The highest BCUT2D eigenvalue weighted by atomic mass is 32.1. The molecule has 0 saturated carbocycles. The third-order valence-corrected chi connectivity index (χ3v) is 3.44. The fourth-order valence-electron chi connectivity index (χ4n) is 1.80. The summed E-state index contributed by atoms with van der Waals surface area (Å²) < 4.78 is 10.9. The third kappa shape index (κ3) is 2.22. The molecule has 3 rings (SSSR count). The number of hydrogen-bond acceptors (Lipinski definition) is 5. The van der Waals surface area contributed by atoms with Crippen molar-refractivity contribution in [3.63, 3.8) is 0 Å². The lowest BCUT2D eigenvalue weighted by atomic mass is 10.1. The standard InChI is InChI=1S/C13H11NO3S/c15-10(8-13-14-3-6-18-13)9-1-2-11-12(7-9)17-5-4-16-11/h1-3,6-7H,4-5,8H2. The molecular weight excluding hydrogens is 250 g/mol. The second-order valence-electron chi connectivity index (χ2n) is 3.88. The van der Waals surface area contributed by atoms with E-state index in [9.17, 15) is 4.79 Å². The Morgan fingerprint density at radius 1 is 1.28 bits per heavy atom. The molecule has 0 fully saturated rings. The van der Waals surface area contributed by atoms with Crippen molar-refractivity contribution in [1.82, 2.24) is 4.98 Å². The third-order valence-electron chi connectivity index (χ3n) is 2.66. The van der Waals surface area contributed by atoms with Gasteiger partial charge in [-0.1, -0.05) is 0 Å². The molecule has 0 atom stereocenters. The first-order chi connectivity index (χ1) is 8.83. The lowest BCUT2D eigenvalue weighted by Crippen LogP contribution is -2.16. The molecule has 0 bridgehead atoms. The summed E-state index contributed by atoms with van der Waals surface area (Å²) in [5.74, 6) is 1.39. The van der Waals surface area contributed by atoms with Gasteiger partial charge in [0.1, 0.15) is 18.2 Å². The van der Waals surface area contributed by atoms with Crippen molar-refractivity contribution in [2.24, 2.45) is 0 Å². The number of thiazole rings is 1. The van der Waals surface area contributed by atoms with Gasteiger partial charge >= 0.3 is 0 Å². The van der Waals surface area contributed by atoms with E-state index in [1.807, 2.05) is 5.38 Å². The molecule has 0 aliphatic carbocycles. The lowest BCUT2D eigenvalue weighted by molar-refractivity contribution is 0.0991. The van der Waals surface area contributed by atoms with Gasteiger partial charge in [-0.3, -0.25) is 4.79 Å². The molecule has 0 spiro atoms. The van der Waals surface area contributed by atoms with Gasteiger partial charge in [0, 0.05) is 17.1 Å². The minimum Gasteiger partial charge on any atom is -0.486 e. The van der Waals surface area contributed by atoms with Gasteiger partial charge in [-0.15, -0.1) is 11.3 Å². The largest absolute Gasteiger partial charge is 0.486 e. The fraction of sp³-hybridized carbons (Fsp3) is 0.231. The summed E-state index contributed by atoms with van der Waals surface area (Å²) in [5, 5.41) is 2.70. The average molecular weight is 261 g/mol. The van der Waals surface area contributed by atoms with Crippen LogP contribution in [0.15, 0.2) is 29.8 Å². The molecule has 0 unspecified atom stereocenters. The molecule has 0 N–H and O–H groups in total. The van der Waals surface area contributed by atoms with Crippen molar-refractivity contribution in [2.75, 3.05) is 13.2 Å². The van der Waals surface area contributed by atoms with Crippen molar-refractivity contribution in [3.8, 4) is 11.5 Å². The van der Waals surface area contributed by atoms with Gasteiger partial charge in [0.2, 0.25) is 0 Å². The van der Waals surface area contributed by atoms with E-state index < -0.39 is 0 Å². The smallest absolute Gasteiger partial charge is 0.169 e. The molecule has 18 heavy (non-hydrogen) atoms. The van der Waals surface area contributed by atoms with Crippen molar-refractivity contribution in [3.05, 3.63) is 40.3 Å². The van der Waals surface area contributed by atoms with Gasteiger partial charge in [-0.05, 0) is 18.2 Å². The topological polar surface area (TPSA) is 48.4 Å². The van der Waals surface area contributed by atoms with E-state index in [0.717, 1.165) is 5.01 Å². The Kier molecular flexibility index (Phi) is 2.98. The molecule has 0 radical (unpaired) electrons. The highest BCUT2D eigenvalue weighted by molar-refractivity contribution is 7.09. The Bertz CT molecular complexity index is 566. The van der Waals surface area contributed by atoms with Crippen LogP contribution in [0.3, 0.4) is 0 Å². The van der Waals surface area contributed by atoms with E-state index in [-0.39, 0.29) is 5.78 Å². The summed E-state index contributed by atoms with van der Waals surface area (Å²) in [4.78, 5) is 16.2. The Labute approximate surface area is 108 Å². The zero-order valence-electron chi connectivity index (χ0n) is 9.59. The molecular formula is C13H11NO3S. The minimum absolute atomic E-state index is 0.0434. The van der Waals surface area contributed by atoms with Crippen molar-refractivity contribution in [2.45, 2.75) is 6.42 Å². The van der Waals surface area contributed by atoms with E-state index in [1.54, 1.807) is 24.4 Å². The van der Waals surface area contributed by atoms with Crippen LogP contribution in [0.25, 0.3) is 0 Å². The molecule has 5 heteroatoms. The van der Waals surface area contributed by atoms with Gasteiger partial charge in [0.25, 0.3) is 0 Å². The van der Waals surface area contributed by atoms with E-state index in [1.165, 1.54) is 11.3 Å². The van der Waals surface area contributed by atoms with Gasteiger partial charge < -0.3 is 9.47 Å². The molecule has 0 saturated heterocycles. The van der Waals surface area contributed by atoms with Crippen molar-refractivity contribution < 1.29 is 14.3 Å². The summed E-state index contributed by atoms with van der Waals surface area (Å²) in [6, 6.07) is 5.29.